The van der Waals surface area contributed by atoms with Gasteiger partial charge in [0.2, 0.25) is 0 Å². The molecule has 3 heteroatoms. The van der Waals surface area contributed by atoms with Crippen molar-refractivity contribution in [2.45, 2.75) is 76.0 Å². The quantitative estimate of drug-likeness (QED) is 0.825. The van der Waals surface area contributed by atoms with Crippen molar-refractivity contribution in [3.63, 3.8) is 0 Å². The zero-order chi connectivity index (χ0) is 12.8. The molecule has 0 radical (unpaired) electrons. The Morgan fingerprint density at radius 3 is 2.83 bits per heavy atom. The fourth-order valence-corrected chi connectivity index (χ4v) is 4.08. The van der Waals surface area contributed by atoms with Crippen LogP contribution in [0.25, 0.3) is 0 Å². The molecule has 1 saturated carbocycles. The lowest BCUT2D eigenvalue weighted by atomic mass is 9.78. The molecule has 18 heavy (non-hydrogen) atoms. The third-order valence-electron chi connectivity index (χ3n) is 4.53. The van der Waals surface area contributed by atoms with Gasteiger partial charge in [-0.2, -0.15) is 11.8 Å². The average Bonchev–Trinajstić information content (AvgIpc) is 2.37. The number of hydrogen-bond acceptors (Lipinski definition) is 3. The summed E-state index contributed by atoms with van der Waals surface area (Å²) in [6.45, 7) is 3.30. The van der Waals surface area contributed by atoms with E-state index in [-0.39, 0.29) is 5.60 Å². The molecule has 2 fully saturated rings. The molecule has 1 heterocycles. The molecule has 2 atom stereocenters. The van der Waals surface area contributed by atoms with Gasteiger partial charge in [-0.15, -0.1) is 0 Å². The predicted molar refractivity (Wildman–Crippen MR) is 80.4 cm³/mol. The van der Waals surface area contributed by atoms with E-state index in [1.54, 1.807) is 0 Å². The van der Waals surface area contributed by atoms with Gasteiger partial charge < -0.3 is 10.1 Å². The van der Waals surface area contributed by atoms with E-state index in [0.717, 1.165) is 6.61 Å². The van der Waals surface area contributed by atoms with Crippen LogP contribution in [0.2, 0.25) is 0 Å². The number of ether oxygens (including phenoxy) is 1. The topological polar surface area (TPSA) is 21.3 Å². The van der Waals surface area contributed by atoms with E-state index in [2.05, 4.69) is 18.5 Å². The molecular formula is C15H29NOS. The summed E-state index contributed by atoms with van der Waals surface area (Å²) in [5, 5.41) is 3.83. The average molecular weight is 271 g/mol. The van der Waals surface area contributed by atoms with Crippen molar-refractivity contribution in [3.8, 4) is 0 Å². The SMILES string of the molecule is CSCCC(C)NC1CCOC2(CCCCC2)C1. The summed E-state index contributed by atoms with van der Waals surface area (Å²) in [5.74, 6) is 1.27. The molecule has 0 aromatic heterocycles. The highest BCUT2D eigenvalue weighted by molar-refractivity contribution is 7.98. The van der Waals surface area contributed by atoms with Crippen LogP contribution in [0.4, 0.5) is 0 Å². The van der Waals surface area contributed by atoms with Crippen LogP contribution < -0.4 is 5.32 Å². The molecule has 2 rings (SSSR count). The number of nitrogens with one attached hydrogen (secondary N) is 1. The highest BCUT2D eigenvalue weighted by Crippen LogP contribution is 2.38. The fraction of sp³-hybridized carbons (Fsp3) is 1.00. The molecular weight excluding hydrogens is 242 g/mol. The predicted octanol–water partition coefficient (Wildman–Crippen LogP) is 3.60. The second kappa shape index (κ2) is 7.16. The second-order valence-corrected chi connectivity index (χ2v) is 7.12. The molecule has 1 aliphatic carbocycles. The van der Waals surface area contributed by atoms with Crippen LogP contribution in [-0.2, 0) is 4.74 Å². The molecule has 1 N–H and O–H groups in total. The van der Waals surface area contributed by atoms with Gasteiger partial charge in [0, 0.05) is 18.7 Å². The first-order valence-electron chi connectivity index (χ1n) is 7.63. The maximum Gasteiger partial charge on any atom is 0.0697 e. The molecule has 106 valence electrons. The minimum atomic E-state index is 0.243. The maximum atomic E-state index is 6.16. The van der Waals surface area contributed by atoms with Crippen molar-refractivity contribution < 1.29 is 4.74 Å². The molecule has 1 aliphatic heterocycles. The van der Waals surface area contributed by atoms with Gasteiger partial charge in [-0.25, -0.2) is 0 Å². The van der Waals surface area contributed by atoms with E-state index in [4.69, 9.17) is 4.74 Å². The Bertz CT molecular complexity index is 235. The zero-order valence-electron chi connectivity index (χ0n) is 12.0. The Balaban J connectivity index is 1.79. The summed E-state index contributed by atoms with van der Waals surface area (Å²) in [5.41, 5.74) is 0.243. The highest BCUT2D eigenvalue weighted by atomic mass is 32.2. The highest BCUT2D eigenvalue weighted by Gasteiger charge is 2.38. The summed E-state index contributed by atoms with van der Waals surface area (Å²) < 4.78 is 6.16. The Morgan fingerprint density at radius 2 is 2.11 bits per heavy atom. The van der Waals surface area contributed by atoms with E-state index in [1.807, 2.05) is 11.8 Å². The van der Waals surface area contributed by atoms with Crippen molar-refractivity contribution in [1.29, 1.82) is 0 Å². The first kappa shape index (κ1) is 14.7. The summed E-state index contributed by atoms with van der Waals surface area (Å²) in [7, 11) is 0. The summed E-state index contributed by atoms with van der Waals surface area (Å²) in [6.07, 6.45) is 12.7. The number of thioether (sulfide) groups is 1. The Morgan fingerprint density at radius 1 is 1.33 bits per heavy atom. The molecule has 1 saturated heterocycles. The van der Waals surface area contributed by atoms with Gasteiger partial charge in [0.1, 0.15) is 0 Å². The standard InChI is InChI=1S/C15H29NOS/c1-13(7-11-18-2)16-14-6-10-17-15(12-14)8-4-3-5-9-15/h13-14,16H,3-12H2,1-2H3. The Kier molecular flexibility index (Phi) is 5.84. The number of hydrogen-bond donors (Lipinski definition) is 1. The lowest BCUT2D eigenvalue weighted by molar-refractivity contribution is -0.109. The van der Waals surface area contributed by atoms with Gasteiger partial charge in [-0.3, -0.25) is 0 Å². The lowest BCUT2D eigenvalue weighted by Crippen LogP contribution is -2.50. The van der Waals surface area contributed by atoms with Crippen molar-refractivity contribution in [1.82, 2.24) is 5.32 Å². The Hall–Kier alpha value is 0.270. The van der Waals surface area contributed by atoms with Gasteiger partial charge >= 0.3 is 0 Å². The Labute approximate surface area is 117 Å². The second-order valence-electron chi connectivity index (χ2n) is 6.13. The first-order valence-corrected chi connectivity index (χ1v) is 9.02. The minimum absolute atomic E-state index is 0.243. The molecule has 2 unspecified atom stereocenters. The molecule has 2 nitrogen and oxygen atoms in total. The third kappa shape index (κ3) is 4.14. The molecule has 0 aromatic carbocycles. The van der Waals surface area contributed by atoms with E-state index in [0.29, 0.717) is 12.1 Å². The van der Waals surface area contributed by atoms with E-state index in [1.165, 1.54) is 57.1 Å². The maximum absolute atomic E-state index is 6.16. The summed E-state index contributed by atoms with van der Waals surface area (Å²) in [6, 6.07) is 1.34. The van der Waals surface area contributed by atoms with Gasteiger partial charge in [0.05, 0.1) is 5.60 Å². The van der Waals surface area contributed by atoms with Crippen LogP contribution >= 0.6 is 11.8 Å². The third-order valence-corrected chi connectivity index (χ3v) is 5.18. The molecule has 0 amide bonds. The van der Waals surface area contributed by atoms with Crippen molar-refractivity contribution in [3.05, 3.63) is 0 Å². The molecule has 0 bridgehead atoms. The van der Waals surface area contributed by atoms with Gasteiger partial charge in [0.25, 0.3) is 0 Å². The van der Waals surface area contributed by atoms with Crippen molar-refractivity contribution >= 4 is 11.8 Å². The van der Waals surface area contributed by atoms with Crippen LogP contribution in [0, 0.1) is 0 Å². The molecule has 2 aliphatic rings. The van der Waals surface area contributed by atoms with Gasteiger partial charge in [-0.1, -0.05) is 19.3 Å². The summed E-state index contributed by atoms with van der Waals surface area (Å²) >= 11 is 1.95. The smallest absolute Gasteiger partial charge is 0.0697 e. The van der Waals surface area contributed by atoms with Crippen LogP contribution in [0.3, 0.4) is 0 Å². The van der Waals surface area contributed by atoms with Crippen molar-refractivity contribution in [2.24, 2.45) is 0 Å². The molecule has 1 spiro atoms. The van der Waals surface area contributed by atoms with Gasteiger partial charge in [-0.05, 0) is 51.0 Å². The van der Waals surface area contributed by atoms with Crippen LogP contribution in [-0.4, -0.2) is 36.3 Å². The van der Waals surface area contributed by atoms with E-state index >= 15 is 0 Å². The fourth-order valence-electron chi connectivity index (χ4n) is 3.49. The monoisotopic (exact) mass is 271 g/mol. The largest absolute Gasteiger partial charge is 0.375 e. The normalized spacial score (nSPS) is 29.3. The van der Waals surface area contributed by atoms with Gasteiger partial charge in [0.15, 0.2) is 0 Å². The van der Waals surface area contributed by atoms with Crippen LogP contribution in [0.5, 0.6) is 0 Å². The summed E-state index contributed by atoms with van der Waals surface area (Å²) in [4.78, 5) is 0. The molecule has 0 aromatic rings. The van der Waals surface area contributed by atoms with Crippen molar-refractivity contribution in [2.75, 3.05) is 18.6 Å². The van der Waals surface area contributed by atoms with E-state index in [9.17, 15) is 0 Å². The minimum Gasteiger partial charge on any atom is -0.375 e. The zero-order valence-corrected chi connectivity index (χ0v) is 12.9. The van der Waals surface area contributed by atoms with Crippen LogP contribution in [0.1, 0.15) is 58.3 Å². The van der Waals surface area contributed by atoms with E-state index < -0.39 is 0 Å². The first-order chi connectivity index (χ1) is 8.74. The lowest BCUT2D eigenvalue weighted by Gasteiger charge is -2.44. The van der Waals surface area contributed by atoms with Crippen LogP contribution in [0.15, 0.2) is 0 Å². The number of rotatable bonds is 5.